The van der Waals surface area contributed by atoms with E-state index < -0.39 is 9.84 Å². The van der Waals surface area contributed by atoms with Gasteiger partial charge in [0.25, 0.3) is 0 Å². The molecule has 2 fully saturated rings. The Bertz CT molecular complexity index is 256. The van der Waals surface area contributed by atoms with Crippen molar-refractivity contribution in [3.63, 3.8) is 0 Å². The summed E-state index contributed by atoms with van der Waals surface area (Å²) in [5.41, 5.74) is 0. The van der Waals surface area contributed by atoms with Gasteiger partial charge in [0.05, 0.1) is 11.0 Å². The second-order valence-corrected chi connectivity index (χ2v) is 6.21. The van der Waals surface area contributed by atoms with Crippen LogP contribution >= 0.6 is 0 Å². The highest BCUT2D eigenvalue weighted by Crippen LogP contribution is 2.22. The van der Waals surface area contributed by atoms with E-state index in [1.807, 2.05) is 0 Å². The molecule has 1 saturated carbocycles. The predicted octanol–water partition coefficient (Wildman–Crippen LogP) is 0.316. The highest BCUT2D eigenvalue weighted by Gasteiger charge is 2.32. The number of nitrogens with one attached hydrogen (secondary N) is 1. The minimum Gasteiger partial charge on any atom is -0.313 e. The third-order valence-electron chi connectivity index (χ3n) is 2.67. The molecule has 1 aliphatic carbocycles. The molecule has 3 nitrogen and oxygen atoms in total. The number of hydrogen-bond donors (Lipinski definition) is 1. The molecular weight excluding hydrogens is 174 g/mol. The van der Waals surface area contributed by atoms with Crippen molar-refractivity contribution >= 4 is 9.84 Å². The average Bonchev–Trinajstić information content (AvgIpc) is 2.74. The van der Waals surface area contributed by atoms with Gasteiger partial charge in [0.2, 0.25) is 0 Å². The Labute approximate surface area is 73.5 Å². The molecule has 1 heterocycles. The average molecular weight is 189 g/mol. The minimum absolute atomic E-state index is 0.0851. The van der Waals surface area contributed by atoms with E-state index in [9.17, 15) is 8.42 Å². The fourth-order valence-electron chi connectivity index (χ4n) is 1.67. The highest BCUT2D eigenvalue weighted by molar-refractivity contribution is 7.92. The third-order valence-corrected chi connectivity index (χ3v) is 4.95. The van der Waals surface area contributed by atoms with Gasteiger partial charge >= 0.3 is 0 Å². The summed E-state index contributed by atoms with van der Waals surface area (Å²) in [4.78, 5) is 0. The molecule has 1 atom stereocenters. The first kappa shape index (κ1) is 8.51. The van der Waals surface area contributed by atoms with Gasteiger partial charge in [-0.15, -0.1) is 0 Å². The lowest BCUT2D eigenvalue weighted by molar-refractivity contribution is 0.573. The fourth-order valence-corrected chi connectivity index (χ4v) is 3.45. The summed E-state index contributed by atoms with van der Waals surface area (Å²) < 4.78 is 22.7. The van der Waals surface area contributed by atoms with Crippen LogP contribution in [0.4, 0.5) is 0 Å². The van der Waals surface area contributed by atoms with Gasteiger partial charge in [-0.3, -0.25) is 0 Å². The van der Waals surface area contributed by atoms with Gasteiger partial charge in [-0.05, 0) is 25.7 Å². The van der Waals surface area contributed by atoms with Crippen molar-refractivity contribution in [1.82, 2.24) is 5.32 Å². The van der Waals surface area contributed by atoms with E-state index >= 15 is 0 Å². The Kier molecular flexibility index (Phi) is 2.12. The van der Waals surface area contributed by atoms with Crippen molar-refractivity contribution in [1.29, 1.82) is 0 Å². The molecule has 0 radical (unpaired) electrons. The highest BCUT2D eigenvalue weighted by atomic mass is 32.2. The Morgan fingerprint density at radius 2 is 2.00 bits per heavy atom. The summed E-state index contributed by atoms with van der Waals surface area (Å²) in [5.74, 6) is 0.407. The SMILES string of the molecule is O=S1(=O)CCCC1CNC1CC1. The van der Waals surface area contributed by atoms with Crippen molar-refractivity contribution < 1.29 is 8.42 Å². The summed E-state index contributed by atoms with van der Waals surface area (Å²) in [6.45, 7) is 0.688. The number of hydrogen-bond acceptors (Lipinski definition) is 3. The zero-order valence-corrected chi connectivity index (χ0v) is 7.94. The summed E-state index contributed by atoms with van der Waals surface area (Å²) in [6, 6.07) is 0.626. The molecule has 0 spiro atoms. The molecule has 0 amide bonds. The maximum atomic E-state index is 11.4. The lowest BCUT2D eigenvalue weighted by Gasteiger charge is -2.09. The molecule has 2 rings (SSSR count). The van der Waals surface area contributed by atoms with Gasteiger partial charge in [0, 0.05) is 12.6 Å². The van der Waals surface area contributed by atoms with Gasteiger partial charge in [-0.25, -0.2) is 8.42 Å². The van der Waals surface area contributed by atoms with Crippen LogP contribution in [0.15, 0.2) is 0 Å². The Balaban J connectivity index is 1.85. The van der Waals surface area contributed by atoms with Crippen molar-refractivity contribution in [2.45, 2.75) is 37.0 Å². The van der Waals surface area contributed by atoms with Crippen LogP contribution in [0.5, 0.6) is 0 Å². The van der Waals surface area contributed by atoms with Crippen LogP contribution in [-0.4, -0.2) is 32.0 Å². The van der Waals surface area contributed by atoms with Crippen LogP contribution in [0.2, 0.25) is 0 Å². The van der Waals surface area contributed by atoms with Crippen LogP contribution < -0.4 is 5.32 Å². The second kappa shape index (κ2) is 3.00. The van der Waals surface area contributed by atoms with Gasteiger partial charge in [0.15, 0.2) is 9.84 Å². The molecular formula is C8H15NO2S. The lowest BCUT2D eigenvalue weighted by atomic mass is 10.2. The first-order valence-corrected chi connectivity index (χ1v) is 6.35. The number of sulfone groups is 1. The Morgan fingerprint density at radius 1 is 1.25 bits per heavy atom. The smallest absolute Gasteiger partial charge is 0.154 e. The topological polar surface area (TPSA) is 46.2 Å². The van der Waals surface area contributed by atoms with Crippen LogP contribution in [-0.2, 0) is 9.84 Å². The van der Waals surface area contributed by atoms with E-state index in [-0.39, 0.29) is 5.25 Å². The first-order chi connectivity index (χ1) is 5.68. The van der Waals surface area contributed by atoms with Gasteiger partial charge in [0.1, 0.15) is 0 Å². The Hall–Kier alpha value is -0.0900. The molecule has 12 heavy (non-hydrogen) atoms. The summed E-state index contributed by atoms with van der Waals surface area (Å²) in [5, 5.41) is 3.19. The molecule has 1 aliphatic heterocycles. The van der Waals surface area contributed by atoms with Crippen LogP contribution in [0.1, 0.15) is 25.7 Å². The maximum absolute atomic E-state index is 11.4. The molecule has 0 aromatic heterocycles. The van der Waals surface area contributed by atoms with Gasteiger partial charge in [-0.2, -0.15) is 0 Å². The van der Waals surface area contributed by atoms with E-state index in [2.05, 4.69) is 5.32 Å². The van der Waals surface area contributed by atoms with E-state index in [1.165, 1.54) is 12.8 Å². The van der Waals surface area contributed by atoms with E-state index in [0.29, 0.717) is 18.3 Å². The zero-order chi connectivity index (χ0) is 8.60. The van der Waals surface area contributed by atoms with Gasteiger partial charge in [-0.1, -0.05) is 0 Å². The molecule has 4 heteroatoms. The van der Waals surface area contributed by atoms with E-state index in [4.69, 9.17) is 0 Å². The molecule has 1 saturated heterocycles. The minimum atomic E-state index is -2.72. The van der Waals surface area contributed by atoms with E-state index in [1.54, 1.807) is 0 Å². The van der Waals surface area contributed by atoms with Gasteiger partial charge < -0.3 is 5.32 Å². The number of rotatable bonds is 3. The van der Waals surface area contributed by atoms with Crippen molar-refractivity contribution in [3.8, 4) is 0 Å². The molecule has 0 bridgehead atoms. The maximum Gasteiger partial charge on any atom is 0.154 e. The first-order valence-electron chi connectivity index (χ1n) is 4.63. The largest absolute Gasteiger partial charge is 0.313 e. The van der Waals surface area contributed by atoms with Crippen molar-refractivity contribution in [3.05, 3.63) is 0 Å². The van der Waals surface area contributed by atoms with Crippen LogP contribution in [0.25, 0.3) is 0 Å². The molecule has 2 aliphatic rings. The standard InChI is InChI=1S/C8H15NO2S/c10-12(11)5-1-2-8(12)6-9-7-3-4-7/h7-9H,1-6H2. The lowest BCUT2D eigenvalue weighted by Crippen LogP contribution is -2.31. The van der Waals surface area contributed by atoms with Crippen LogP contribution in [0.3, 0.4) is 0 Å². The molecule has 70 valence electrons. The third kappa shape index (κ3) is 1.80. The van der Waals surface area contributed by atoms with Crippen molar-refractivity contribution in [2.75, 3.05) is 12.3 Å². The molecule has 0 aromatic carbocycles. The fraction of sp³-hybridized carbons (Fsp3) is 1.00. The monoisotopic (exact) mass is 189 g/mol. The molecule has 0 aromatic rings. The summed E-state index contributed by atoms with van der Waals surface area (Å²) in [6.07, 6.45) is 4.18. The second-order valence-electron chi connectivity index (χ2n) is 3.81. The van der Waals surface area contributed by atoms with E-state index in [0.717, 1.165) is 12.8 Å². The normalized spacial score (nSPS) is 33.8. The zero-order valence-electron chi connectivity index (χ0n) is 7.12. The molecule has 1 unspecified atom stereocenters. The predicted molar refractivity (Wildman–Crippen MR) is 47.8 cm³/mol. The van der Waals surface area contributed by atoms with Crippen LogP contribution in [0, 0.1) is 0 Å². The molecule has 1 N–H and O–H groups in total. The Morgan fingerprint density at radius 3 is 2.50 bits per heavy atom. The summed E-state index contributed by atoms with van der Waals surface area (Å²) >= 11 is 0. The van der Waals surface area contributed by atoms with Crippen molar-refractivity contribution in [2.24, 2.45) is 0 Å². The quantitative estimate of drug-likeness (QED) is 0.695. The summed E-state index contributed by atoms with van der Waals surface area (Å²) in [7, 11) is -2.72.